The summed E-state index contributed by atoms with van der Waals surface area (Å²) in [6.45, 7) is 2.42. The van der Waals surface area contributed by atoms with E-state index in [9.17, 15) is 9.18 Å². The van der Waals surface area contributed by atoms with Crippen LogP contribution in [0, 0.1) is 11.2 Å². The standard InChI is InChI=1S/C23H29FN4O3/c1-27-15-23(13-19(27)21-25-22(31-26-21)16-3-2-4-16)9-11-28(12-10-23)20(29)14-30-18-7-5-17(24)6-8-18/h5-8,16,19H,2-4,9-15H2,1H3. The van der Waals surface area contributed by atoms with E-state index in [4.69, 9.17) is 14.2 Å². The Morgan fingerprint density at radius 2 is 2.00 bits per heavy atom. The molecule has 0 bridgehead atoms. The number of nitrogens with zero attached hydrogens (tertiary/aromatic N) is 4. The molecular weight excluding hydrogens is 399 g/mol. The van der Waals surface area contributed by atoms with Gasteiger partial charge in [0.05, 0.1) is 6.04 Å². The van der Waals surface area contributed by atoms with Gasteiger partial charge in [0, 0.05) is 25.6 Å². The summed E-state index contributed by atoms with van der Waals surface area (Å²) in [4.78, 5) is 21.5. The quantitative estimate of drug-likeness (QED) is 0.725. The molecule has 1 amide bonds. The lowest BCUT2D eigenvalue weighted by molar-refractivity contribution is -0.135. The Balaban J connectivity index is 1.14. The predicted octanol–water partition coefficient (Wildman–Crippen LogP) is 3.54. The number of hydrogen-bond acceptors (Lipinski definition) is 6. The number of benzene rings is 1. The molecule has 1 aliphatic carbocycles. The van der Waals surface area contributed by atoms with E-state index < -0.39 is 0 Å². The van der Waals surface area contributed by atoms with Crippen molar-refractivity contribution in [1.29, 1.82) is 0 Å². The fourth-order valence-corrected chi connectivity index (χ4v) is 5.12. The van der Waals surface area contributed by atoms with Gasteiger partial charge in [0.15, 0.2) is 12.4 Å². The molecule has 3 fully saturated rings. The topological polar surface area (TPSA) is 71.7 Å². The number of rotatable bonds is 5. The van der Waals surface area contributed by atoms with Gasteiger partial charge in [0.2, 0.25) is 5.89 Å². The number of piperidine rings is 1. The van der Waals surface area contributed by atoms with Crippen molar-refractivity contribution in [2.45, 2.75) is 50.5 Å². The monoisotopic (exact) mass is 428 g/mol. The fourth-order valence-electron chi connectivity index (χ4n) is 5.12. The van der Waals surface area contributed by atoms with Crippen molar-refractivity contribution in [3.63, 3.8) is 0 Å². The van der Waals surface area contributed by atoms with Crippen molar-refractivity contribution in [3.8, 4) is 5.75 Å². The highest BCUT2D eigenvalue weighted by molar-refractivity contribution is 5.77. The fraction of sp³-hybridized carbons (Fsp3) is 0.609. The summed E-state index contributed by atoms with van der Waals surface area (Å²) in [5, 5.41) is 4.30. The first-order valence-electron chi connectivity index (χ1n) is 11.2. The highest BCUT2D eigenvalue weighted by atomic mass is 19.1. The van der Waals surface area contributed by atoms with Gasteiger partial charge in [-0.25, -0.2) is 4.39 Å². The summed E-state index contributed by atoms with van der Waals surface area (Å²) in [6.07, 6.45) is 6.48. The number of hydrogen-bond donors (Lipinski definition) is 0. The minimum absolute atomic E-state index is 0.0199. The normalized spacial score (nSPS) is 23.8. The molecule has 2 aromatic rings. The molecule has 7 nitrogen and oxygen atoms in total. The minimum atomic E-state index is -0.320. The summed E-state index contributed by atoms with van der Waals surface area (Å²) in [5.41, 5.74) is 0.186. The Morgan fingerprint density at radius 1 is 1.26 bits per heavy atom. The van der Waals surface area contributed by atoms with Crippen LogP contribution < -0.4 is 4.74 Å². The van der Waals surface area contributed by atoms with Crippen LogP contribution in [0.4, 0.5) is 4.39 Å². The molecule has 0 N–H and O–H groups in total. The lowest BCUT2D eigenvalue weighted by atomic mass is 9.76. The van der Waals surface area contributed by atoms with Gasteiger partial charge in [0.25, 0.3) is 5.91 Å². The number of carbonyl (C=O) groups is 1. The highest BCUT2D eigenvalue weighted by Gasteiger charge is 2.46. The van der Waals surface area contributed by atoms with E-state index in [0.717, 1.165) is 63.5 Å². The molecule has 1 aromatic carbocycles. The van der Waals surface area contributed by atoms with Gasteiger partial charge in [0.1, 0.15) is 11.6 Å². The van der Waals surface area contributed by atoms with E-state index in [0.29, 0.717) is 11.7 Å². The lowest BCUT2D eigenvalue weighted by Crippen LogP contribution is -2.45. The number of aromatic nitrogens is 2. The van der Waals surface area contributed by atoms with Crippen LogP contribution in [0.15, 0.2) is 28.8 Å². The first kappa shape index (κ1) is 20.4. The van der Waals surface area contributed by atoms with E-state index >= 15 is 0 Å². The molecule has 1 saturated carbocycles. The molecule has 0 radical (unpaired) electrons. The summed E-state index contributed by atoms with van der Waals surface area (Å²) >= 11 is 0. The first-order valence-corrected chi connectivity index (χ1v) is 11.2. The highest BCUT2D eigenvalue weighted by Crippen LogP contribution is 2.48. The van der Waals surface area contributed by atoms with Gasteiger partial charge in [-0.05, 0) is 68.8 Å². The van der Waals surface area contributed by atoms with Crippen LogP contribution in [-0.2, 0) is 4.79 Å². The third kappa shape index (κ3) is 4.18. The van der Waals surface area contributed by atoms with Crippen molar-refractivity contribution in [2.24, 2.45) is 5.41 Å². The smallest absolute Gasteiger partial charge is 0.260 e. The summed E-state index contributed by atoms with van der Waals surface area (Å²) in [7, 11) is 2.13. The molecule has 3 heterocycles. The maximum atomic E-state index is 13.0. The van der Waals surface area contributed by atoms with Gasteiger partial charge in [-0.3, -0.25) is 9.69 Å². The van der Waals surface area contributed by atoms with Crippen LogP contribution in [0.5, 0.6) is 5.75 Å². The van der Waals surface area contributed by atoms with Gasteiger partial charge >= 0.3 is 0 Å². The Kier molecular flexibility index (Phi) is 5.42. The molecule has 2 aliphatic heterocycles. The second-order valence-electron chi connectivity index (χ2n) is 9.38. The Hall–Kier alpha value is -2.48. The van der Waals surface area contributed by atoms with Crippen LogP contribution in [-0.4, -0.2) is 59.1 Å². The Morgan fingerprint density at radius 3 is 2.68 bits per heavy atom. The van der Waals surface area contributed by atoms with Crippen LogP contribution >= 0.6 is 0 Å². The van der Waals surface area contributed by atoms with Crippen molar-refractivity contribution >= 4 is 5.91 Å². The number of halogens is 1. The third-order valence-electron chi connectivity index (χ3n) is 7.31. The number of carbonyl (C=O) groups excluding carboxylic acids is 1. The molecule has 1 aromatic heterocycles. The lowest BCUT2D eigenvalue weighted by Gasteiger charge is -2.39. The molecule has 1 spiro atoms. The van der Waals surface area contributed by atoms with Gasteiger partial charge in [-0.2, -0.15) is 4.98 Å². The largest absolute Gasteiger partial charge is 0.484 e. The Labute approximate surface area is 181 Å². The summed E-state index contributed by atoms with van der Waals surface area (Å²) in [6, 6.07) is 5.92. The van der Waals surface area contributed by atoms with E-state index in [1.807, 2.05) is 4.90 Å². The molecule has 2 saturated heterocycles. The van der Waals surface area contributed by atoms with Crippen LogP contribution in [0.3, 0.4) is 0 Å². The SMILES string of the molecule is CN1CC2(CCN(C(=O)COc3ccc(F)cc3)CC2)CC1c1noc(C2CCC2)n1. The molecule has 1 atom stereocenters. The van der Waals surface area contributed by atoms with Crippen LogP contribution in [0.2, 0.25) is 0 Å². The zero-order chi connectivity index (χ0) is 21.4. The second kappa shape index (κ2) is 8.22. The second-order valence-corrected chi connectivity index (χ2v) is 9.38. The van der Waals surface area contributed by atoms with Crippen molar-refractivity contribution in [1.82, 2.24) is 19.9 Å². The molecule has 5 rings (SSSR count). The summed E-state index contributed by atoms with van der Waals surface area (Å²) in [5.74, 6) is 2.23. The molecule has 31 heavy (non-hydrogen) atoms. The van der Waals surface area contributed by atoms with Crippen molar-refractivity contribution in [3.05, 3.63) is 41.8 Å². The first-order chi connectivity index (χ1) is 15.0. The molecule has 3 aliphatic rings. The maximum Gasteiger partial charge on any atom is 0.260 e. The molecular formula is C23H29FN4O3. The zero-order valence-electron chi connectivity index (χ0n) is 17.9. The zero-order valence-corrected chi connectivity index (χ0v) is 17.9. The molecule has 8 heteroatoms. The van der Waals surface area contributed by atoms with Crippen molar-refractivity contribution in [2.75, 3.05) is 33.3 Å². The predicted molar refractivity (Wildman–Crippen MR) is 111 cm³/mol. The van der Waals surface area contributed by atoms with Crippen molar-refractivity contribution < 1.29 is 18.4 Å². The van der Waals surface area contributed by atoms with Gasteiger partial charge in [-0.1, -0.05) is 11.6 Å². The maximum absolute atomic E-state index is 13.0. The van der Waals surface area contributed by atoms with Gasteiger partial charge < -0.3 is 14.2 Å². The average molecular weight is 429 g/mol. The summed E-state index contributed by atoms with van der Waals surface area (Å²) < 4.78 is 24.1. The van der Waals surface area contributed by atoms with E-state index in [-0.39, 0.29) is 29.8 Å². The number of amides is 1. The molecule has 1 unspecified atom stereocenters. The molecule has 166 valence electrons. The number of likely N-dealkylation sites (tertiary alicyclic amines) is 2. The van der Waals surface area contributed by atoms with E-state index in [1.165, 1.54) is 30.7 Å². The van der Waals surface area contributed by atoms with Crippen LogP contribution in [0.1, 0.15) is 62.2 Å². The van der Waals surface area contributed by atoms with Crippen LogP contribution in [0.25, 0.3) is 0 Å². The van der Waals surface area contributed by atoms with E-state index in [1.54, 1.807) is 0 Å². The average Bonchev–Trinajstić information content (AvgIpc) is 3.31. The Bertz CT molecular complexity index is 919. The van der Waals surface area contributed by atoms with E-state index in [2.05, 4.69) is 17.1 Å². The number of ether oxygens (including phenoxy) is 1. The van der Waals surface area contributed by atoms with Gasteiger partial charge in [-0.15, -0.1) is 0 Å². The third-order valence-corrected chi connectivity index (χ3v) is 7.31. The minimum Gasteiger partial charge on any atom is -0.484 e.